The zero-order valence-electron chi connectivity index (χ0n) is 11.7. The Morgan fingerprint density at radius 2 is 1.71 bits per heavy atom. The molecular formula is C13H27N3O. The number of nitrogens with one attached hydrogen (secondary N) is 1. The van der Waals surface area contributed by atoms with Crippen molar-refractivity contribution in [3.8, 4) is 0 Å². The Balaban J connectivity index is 2.23. The Labute approximate surface area is 105 Å². The highest BCUT2D eigenvalue weighted by molar-refractivity contribution is 5.74. The van der Waals surface area contributed by atoms with E-state index >= 15 is 0 Å². The Kier molecular flexibility index (Phi) is 5.75. The first-order valence-electron chi connectivity index (χ1n) is 6.77. The molecule has 0 aromatic heterocycles. The molecule has 0 unspecified atom stereocenters. The van der Waals surface area contributed by atoms with E-state index in [-0.39, 0.29) is 12.1 Å². The molecule has 1 heterocycles. The van der Waals surface area contributed by atoms with Crippen LogP contribution in [0.25, 0.3) is 0 Å². The standard InChI is InChI=1S/C13H27N3O/c1-11(2)5-6-15-7-9-16(10-8-15)13(17)14-12(3)4/h11-12H,5-10H2,1-4H3,(H,14,17). The molecule has 100 valence electrons. The number of carbonyl (C=O) groups excluding carboxylic acids is 1. The van der Waals surface area contributed by atoms with Crippen molar-refractivity contribution in [2.24, 2.45) is 5.92 Å². The van der Waals surface area contributed by atoms with E-state index in [0.717, 1.165) is 38.6 Å². The summed E-state index contributed by atoms with van der Waals surface area (Å²) in [5, 5.41) is 2.95. The van der Waals surface area contributed by atoms with Gasteiger partial charge in [-0.05, 0) is 32.7 Å². The number of hydrogen-bond donors (Lipinski definition) is 1. The van der Waals surface area contributed by atoms with E-state index < -0.39 is 0 Å². The SMILES string of the molecule is CC(C)CCN1CCN(C(=O)NC(C)C)CC1. The molecule has 1 fully saturated rings. The maximum atomic E-state index is 11.8. The third-order valence-corrected chi connectivity index (χ3v) is 3.09. The van der Waals surface area contributed by atoms with Crippen LogP contribution < -0.4 is 5.32 Å². The van der Waals surface area contributed by atoms with Crippen molar-refractivity contribution in [3.63, 3.8) is 0 Å². The van der Waals surface area contributed by atoms with Crippen molar-refractivity contribution in [1.29, 1.82) is 0 Å². The number of carbonyl (C=O) groups is 1. The summed E-state index contributed by atoms with van der Waals surface area (Å²) in [6.07, 6.45) is 1.25. The summed E-state index contributed by atoms with van der Waals surface area (Å²) in [6.45, 7) is 13.4. The Morgan fingerprint density at radius 1 is 1.12 bits per heavy atom. The highest BCUT2D eigenvalue weighted by Gasteiger charge is 2.20. The molecular weight excluding hydrogens is 214 g/mol. The summed E-state index contributed by atoms with van der Waals surface area (Å²) in [7, 11) is 0. The smallest absolute Gasteiger partial charge is 0.317 e. The minimum atomic E-state index is 0.0866. The number of amides is 2. The molecule has 1 rings (SSSR count). The lowest BCUT2D eigenvalue weighted by Gasteiger charge is -2.35. The van der Waals surface area contributed by atoms with E-state index in [1.54, 1.807) is 0 Å². The Morgan fingerprint density at radius 3 is 2.18 bits per heavy atom. The fourth-order valence-electron chi connectivity index (χ4n) is 1.95. The van der Waals surface area contributed by atoms with Crippen LogP contribution in [-0.4, -0.2) is 54.6 Å². The van der Waals surface area contributed by atoms with Crippen LogP contribution in [0.5, 0.6) is 0 Å². The summed E-state index contributed by atoms with van der Waals surface area (Å²) >= 11 is 0. The summed E-state index contributed by atoms with van der Waals surface area (Å²) in [5.74, 6) is 0.761. The molecule has 2 amide bonds. The summed E-state index contributed by atoms with van der Waals surface area (Å²) in [5.41, 5.74) is 0. The predicted octanol–water partition coefficient (Wildman–Crippen LogP) is 1.77. The molecule has 1 aliphatic heterocycles. The van der Waals surface area contributed by atoms with Gasteiger partial charge in [0, 0.05) is 32.2 Å². The van der Waals surface area contributed by atoms with E-state index in [1.807, 2.05) is 18.7 Å². The van der Waals surface area contributed by atoms with Crippen molar-refractivity contribution >= 4 is 6.03 Å². The minimum Gasteiger partial charge on any atom is -0.336 e. The lowest BCUT2D eigenvalue weighted by atomic mass is 10.1. The zero-order valence-corrected chi connectivity index (χ0v) is 11.7. The summed E-state index contributed by atoms with van der Waals surface area (Å²) < 4.78 is 0. The van der Waals surface area contributed by atoms with Gasteiger partial charge in [0.05, 0.1) is 0 Å². The van der Waals surface area contributed by atoms with Crippen LogP contribution in [0.2, 0.25) is 0 Å². The number of urea groups is 1. The van der Waals surface area contributed by atoms with Crippen LogP contribution in [-0.2, 0) is 0 Å². The Hall–Kier alpha value is -0.770. The van der Waals surface area contributed by atoms with Gasteiger partial charge in [0.1, 0.15) is 0 Å². The van der Waals surface area contributed by atoms with Crippen LogP contribution in [0.1, 0.15) is 34.1 Å². The normalized spacial score (nSPS) is 17.9. The van der Waals surface area contributed by atoms with Crippen molar-refractivity contribution < 1.29 is 4.79 Å². The second-order valence-electron chi connectivity index (χ2n) is 5.62. The molecule has 17 heavy (non-hydrogen) atoms. The molecule has 0 bridgehead atoms. The molecule has 0 atom stereocenters. The van der Waals surface area contributed by atoms with Crippen LogP contribution in [0.15, 0.2) is 0 Å². The van der Waals surface area contributed by atoms with Crippen LogP contribution in [0, 0.1) is 5.92 Å². The molecule has 0 radical (unpaired) electrons. The van der Waals surface area contributed by atoms with Gasteiger partial charge < -0.3 is 10.2 Å². The van der Waals surface area contributed by atoms with E-state index in [9.17, 15) is 4.79 Å². The quantitative estimate of drug-likeness (QED) is 0.814. The number of nitrogens with zero attached hydrogens (tertiary/aromatic N) is 2. The predicted molar refractivity (Wildman–Crippen MR) is 71.1 cm³/mol. The molecule has 4 heteroatoms. The van der Waals surface area contributed by atoms with Gasteiger partial charge in [-0.3, -0.25) is 4.90 Å². The second kappa shape index (κ2) is 6.84. The lowest BCUT2D eigenvalue weighted by molar-refractivity contribution is 0.134. The minimum absolute atomic E-state index is 0.0866. The summed E-state index contributed by atoms with van der Waals surface area (Å²) in [6, 6.07) is 0.310. The van der Waals surface area contributed by atoms with Gasteiger partial charge in [-0.15, -0.1) is 0 Å². The molecule has 1 saturated heterocycles. The molecule has 0 spiro atoms. The van der Waals surface area contributed by atoms with E-state index in [2.05, 4.69) is 24.1 Å². The molecule has 1 aliphatic rings. The molecule has 4 nitrogen and oxygen atoms in total. The van der Waals surface area contributed by atoms with Gasteiger partial charge in [0.2, 0.25) is 0 Å². The van der Waals surface area contributed by atoms with Gasteiger partial charge in [0.15, 0.2) is 0 Å². The van der Waals surface area contributed by atoms with E-state index in [4.69, 9.17) is 0 Å². The van der Waals surface area contributed by atoms with Gasteiger partial charge in [-0.2, -0.15) is 0 Å². The van der Waals surface area contributed by atoms with Crippen molar-refractivity contribution in [1.82, 2.24) is 15.1 Å². The lowest BCUT2D eigenvalue weighted by Crippen LogP contribution is -2.52. The van der Waals surface area contributed by atoms with Crippen molar-refractivity contribution in [2.75, 3.05) is 32.7 Å². The van der Waals surface area contributed by atoms with Crippen molar-refractivity contribution in [3.05, 3.63) is 0 Å². The number of rotatable bonds is 4. The van der Waals surface area contributed by atoms with Gasteiger partial charge in [0.25, 0.3) is 0 Å². The number of hydrogen-bond acceptors (Lipinski definition) is 2. The third-order valence-electron chi connectivity index (χ3n) is 3.09. The van der Waals surface area contributed by atoms with Crippen LogP contribution in [0.3, 0.4) is 0 Å². The first-order chi connectivity index (χ1) is 7.99. The van der Waals surface area contributed by atoms with E-state index in [0.29, 0.717) is 0 Å². The molecule has 0 saturated carbocycles. The highest BCUT2D eigenvalue weighted by atomic mass is 16.2. The molecule has 0 aromatic carbocycles. The fraction of sp³-hybridized carbons (Fsp3) is 0.923. The third kappa shape index (κ3) is 5.39. The monoisotopic (exact) mass is 241 g/mol. The highest BCUT2D eigenvalue weighted by Crippen LogP contribution is 2.06. The second-order valence-corrected chi connectivity index (χ2v) is 5.62. The first-order valence-corrected chi connectivity index (χ1v) is 6.77. The topological polar surface area (TPSA) is 35.6 Å². The number of piperazine rings is 1. The molecule has 0 aromatic rings. The average molecular weight is 241 g/mol. The van der Waals surface area contributed by atoms with Crippen molar-refractivity contribution in [2.45, 2.75) is 40.2 Å². The van der Waals surface area contributed by atoms with Crippen LogP contribution in [0.4, 0.5) is 4.79 Å². The molecule has 1 N–H and O–H groups in total. The largest absolute Gasteiger partial charge is 0.336 e. The average Bonchev–Trinajstić information content (AvgIpc) is 2.26. The van der Waals surface area contributed by atoms with Crippen LogP contribution >= 0.6 is 0 Å². The molecule has 0 aliphatic carbocycles. The fourth-order valence-corrected chi connectivity index (χ4v) is 1.95. The maximum Gasteiger partial charge on any atom is 0.317 e. The first kappa shape index (κ1) is 14.3. The van der Waals surface area contributed by atoms with E-state index in [1.165, 1.54) is 6.42 Å². The zero-order chi connectivity index (χ0) is 12.8. The van der Waals surface area contributed by atoms with Gasteiger partial charge >= 0.3 is 6.03 Å². The summed E-state index contributed by atoms with van der Waals surface area (Å²) in [4.78, 5) is 16.2. The maximum absolute atomic E-state index is 11.8. The Bertz CT molecular complexity index is 233. The van der Waals surface area contributed by atoms with Gasteiger partial charge in [-0.25, -0.2) is 4.79 Å². The van der Waals surface area contributed by atoms with Gasteiger partial charge in [-0.1, -0.05) is 13.8 Å².